The van der Waals surface area contributed by atoms with E-state index in [4.69, 9.17) is 16.7 Å². The van der Waals surface area contributed by atoms with E-state index in [2.05, 4.69) is 15.6 Å². The molecule has 2 rings (SSSR count). The zero-order valence-electron chi connectivity index (χ0n) is 12.0. The molecule has 0 saturated heterocycles. The highest BCUT2D eigenvalue weighted by Gasteiger charge is 2.12. The lowest BCUT2D eigenvalue weighted by molar-refractivity contribution is -0.115. The van der Waals surface area contributed by atoms with E-state index in [1.165, 1.54) is 6.20 Å². The van der Waals surface area contributed by atoms with E-state index in [0.717, 1.165) is 5.56 Å². The standard InChI is InChI=1S/C16H18ClN3O2/c17-13-6-7-15(19-10-13)20-16(22)11-18-14(8-9-21)12-4-2-1-3-5-12/h1-7,10,14,18,21H,8-9,11H2,(H,19,20,22). The number of carbonyl (C=O) groups is 1. The first-order valence-corrected chi connectivity index (χ1v) is 7.37. The van der Waals surface area contributed by atoms with E-state index < -0.39 is 0 Å². The highest BCUT2D eigenvalue weighted by molar-refractivity contribution is 6.30. The zero-order valence-corrected chi connectivity index (χ0v) is 12.8. The van der Waals surface area contributed by atoms with Crippen LogP contribution in [-0.4, -0.2) is 29.1 Å². The third-order valence-corrected chi connectivity index (χ3v) is 3.35. The summed E-state index contributed by atoms with van der Waals surface area (Å²) in [6.07, 6.45) is 2.01. The molecule has 5 nitrogen and oxygen atoms in total. The Hall–Kier alpha value is -1.95. The lowest BCUT2D eigenvalue weighted by atomic mass is 10.0. The maximum atomic E-state index is 11.9. The molecule has 0 aliphatic heterocycles. The number of nitrogens with zero attached hydrogens (tertiary/aromatic N) is 1. The Morgan fingerprint density at radius 1 is 1.23 bits per heavy atom. The van der Waals surface area contributed by atoms with Crippen molar-refractivity contribution in [2.45, 2.75) is 12.5 Å². The van der Waals surface area contributed by atoms with Crippen LogP contribution in [0.5, 0.6) is 0 Å². The van der Waals surface area contributed by atoms with Crippen LogP contribution in [-0.2, 0) is 4.79 Å². The quantitative estimate of drug-likeness (QED) is 0.732. The van der Waals surface area contributed by atoms with Crippen LogP contribution in [0.2, 0.25) is 5.02 Å². The third kappa shape index (κ3) is 5.11. The molecule has 0 spiro atoms. The van der Waals surface area contributed by atoms with Crippen LogP contribution in [0.3, 0.4) is 0 Å². The van der Waals surface area contributed by atoms with Crippen molar-refractivity contribution in [2.75, 3.05) is 18.5 Å². The molecule has 0 saturated carbocycles. The van der Waals surface area contributed by atoms with Gasteiger partial charge in [0.1, 0.15) is 5.82 Å². The maximum Gasteiger partial charge on any atom is 0.239 e. The molecular formula is C16H18ClN3O2. The first kappa shape index (κ1) is 16.4. The van der Waals surface area contributed by atoms with Gasteiger partial charge in [-0.05, 0) is 24.1 Å². The van der Waals surface area contributed by atoms with Gasteiger partial charge in [-0.1, -0.05) is 41.9 Å². The number of pyridine rings is 1. The largest absolute Gasteiger partial charge is 0.396 e. The molecule has 1 unspecified atom stereocenters. The second-order valence-electron chi connectivity index (χ2n) is 4.77. The minimum Gasteiger partial charge on any atom is -0.396 e. The average Bonchev–Trinajstić information content (AvgIpc) is 2.54. The second kappa shape index (κ2) is 8.48. The number of hydrogen-bond donors (Lipinski definition) is 3. The molecule has 6 heteroatoms. The molecular weight excluding hydrogens is 302 g/mol. The maximum absolute atomic E-state index is 11.9. The van der Waals surface area contributed by atoms with Gasteiger partial charge in [-0.25, -0.2) is 4.98 Å². The molecule has 0 radical (unpaired) electrons. The fourth-order valence-electron chi connectivity index (χ4n) is 2.05. The van der Waals surface area contributed by atoms with Crippen molar-refractivity contribution >= 4 is 23.3 Å². The van der Waals surface area contributed by atoms with Crippen LogP contribution >= 0.6 is 11.6 Å². The number of aliphatic hydroxyl groups is 1. The number of benzene rings is 1. The van der Waals surface area contributed by atoms with E-state index >= 15 is 0 Å². The highest BCUT2D eigenvalue weighted by Crippen LogP contribution is 2.15. The first-order valence-electron chi connectivity index (χ1n) is 6.99. The van der Waals surface area contributed by atoms with Gasteiger partial charge >= 0.3 is 0 Å². The van der Waals surface area contributed by atoms with E-state index in [1.807, 2.05) is 30.3 Å². The Balaban J connectivity index is 1.89. The van der Waals surface area contributed by atoms with Crippen molar-refractivity contribution < 1.29 is 9.90 Å². The number of anilines is 1. The molecule has 0 aliphatic rings. The summed E-state index contributed by atoms with van der Waals surface area (Å²) < 4.78 is 0. The summed E-state index contributed by atoms with van der Waals surface area (Å²) in [6, 6.07) is 12.9. The van der Waals surface area contributed by atoms with Crippen molar-refractivity contribution in [3.8, 4) is 0 Å². The summed E-state index contributed by atoms with van der Waals surface area (Å²) in [5.74, 6) is 0.253. The lowest BCUT2D eigenvalue weighted by Gasteiger charge is -2.18. The number of rotatable bonds is 7. The van der Waals surface area contributed by atoms with Gasteiger partial charge in [0.25, 0.3) is 0 Å². The van der Waals surface area contributed by atoms with Gasteiger partial charge in [-0.15, -0.1) is 0 Å². The zero-order chi connectivity index (χ0) is 15.8. The van der Waals surface area contributed by atoms with Crippen molar-refractivity contribution in [1.82, 2.24) is 10.3 Å². The molecule has 0 fully saturated rings. The Labute approximate surface area is 134 Å². The van der Waals surface area contributed by atoms with Crippen LogP contribution < -0.4 is 10.6 Å². The van der Waals surface area contributed by atoms with Crippen molar-refractivity contribution in [3.63, 3.8) is 0 Å². The number of nitrogens with one attached hydrogen (secondary N) is 2. The summed E-state index contributed by atoms with van der Waals surface area (Å²) in [4.78, 5) is 15.9. The van der Waals surface area contributed by atoms with Crippen LogP contribution in [0.1, 0.15) is 18.0 Å². The SMILES string of the molecule is O=C(CNC(CCO)c1ccccc1)Nc1ccc(Cl)cn1. The fourth-order valence-corrected chi connectivity index (χ4v) is 2.17. The summed E-state index contributed by atoms with van der Waals surface area (Å²) in [7, 11) is 0. The summed E-state index contributed by atoms with van der Waals surface area (Å²) in [5.41, 5.74) is 1.04. The van der Waals surface area contributed by atoms with Gasteiger partial charge in [-0.3, -0.25) is 4.79 Å². The number of hydrogen-bond acceptors (Lipinski definition) is 4. The average molecular weight is 320 g/mol. The molecule has 0 aliphatic carbocycles. The fraction of sp³-hybridized carbons (Fsp3) is 0.250. The monoisotopic (exact) mass is 319 g/mol. The topological polar surface area (TPSA) is 74.2 Å². The highest BCUT2D eigenvalue weighted by atomic mass is 35.5. The van der Waals surface area contributed by atoms with Gasteiger partial charge in [0.05, 0.1) is 11.6 Å². The van der Waals surface area contributed by atoms with Crippen molar-refractivity contribution in [1.29, 1.82) is 0 Å². The smallest absolute Gasteiger partial charge is 0.239 e. The molecule has 1 atom stereocenters. The van der Waals surface area contributed by atoms with Crippen molar-refractivity contribution in [2.24, 2.45) is 0 Å². The van der Waals surface area contributed by atoms with Crippen LogP contribution in [0.4, 0.5) is 5.82 Å². The molecule has 1 amide bonds. The Kier molecular flexibility index (Phi) is 6.33. The van der Waals surface area contributed by atoms with Gasteiger partial charge in [0.15, 0.2) is 0 Å². The first-order chi connectivity index (χ1) is 10.7. The van der Waals surface area contributed by atoms with E-state index in [0.29, 0.717) is 17.3 Å². The number of carbonyl (C=O) groups excluding carboxylic acids is 1. The van der Waals surface area contributed by atoms with Gasteiger partial charge in [-0.2, -0.15) is 0 Å². The van der Waals surface area contributed by atoms with Gasteiger partial charge < -0.3 is 15.7 Å². The summed E-state index contributed by atoms with van der Waals surface area (Å²) in [6.45, 7) is 0.177. The normalized spacial score (nSPS) is 11.9. The number of halogens is 1. The molecule has 3 N–H and O–H groups in total. The third-order valence-electron chi connectivity index (χ3n) is 3.12. The second-order valence-corrected chi connectivity index (χ2v) is 5.20. The molecule has 22 heavy (non-hydrogen) atoms. The summed E-state index contributed by atoms with van der Waals surface area (Å²) in [5, 5.41) is 15.5. The molecule has 1 aromatic heterocycles. The molecule has 116 valence electrons. The van der Waals surface area contributed by atoms with Crippen LogP contribution in [0.15, 0.2) is 48.7 Å². The van der Waals surface area contributed by atoms with E-state index in [1.54, 1.807) is 12.1 Å². The molecule has 1 aromatic carbocycles. The van der Waals surface area contributed by atoms with Gasteiger partial charge in [0.2, 0.25) is 5.91 Å². The minimum absolute atomic E-state index is 0.0485. The molecule has 2 aromatic rings. The number of aliphatic hydroxyl groups excluding tert-OH is 1. The predicted octanol–water partition coefficient (Wildman–Crippen LogP) is 2.39. The van der Waals surface area contributed by atoms with Gasteiger partial charge in [0, 0.05) is 18.8 Å². The van der Waals surface area contributed by atoms with Crippen molar-refractivity contribution in [3.05, 3.63) is 59.2 Å². The number of amides is 1. The minimum atomic E-state index is -0.200. The molecule has 1 heterocycles. The Morgan fingerprint density at radius 3 is 2.64 bits per heavy atom. The lowest BCUT2D eigenvalue weighted by Crippen LogP contribution is -2.32. The van der Waals surface area contributed by atoms with E-state index in [-0.39, 0.29) is 25.1 Å². The predicted molar refractivity (Wildman–Crippen MR) is 86.8 cm³/mol. The van der Waals surface area contributed by atoms with Crippen LogP contribution in [0, 0.1) is 0 Å². The molecule has 0 bridgehead atoms. The van der Waals surface area contributed by atoms with Crippen LogP contribution in [0.25, 0.3) is 0 Å². The number of aromatic nitrogens is 1. The van der Waals surface area contributed by atoms with E-state index in [9.17, 15) is 4.79 Å². The Bertz CT molecular complexity index is 590. The Morgan fingerprint density at radius 2 is 2.00 bits per heavy atom. The summed E-state index contributed by atoms with van der Waals surface area (Å²) >= 11 is 5.74.